The van der Waals surface area contributed by atoms with Crippen LogP contribution in [0.3, 0.4) is 0 Å². The third-order valence-electron chi connectivity index (χ3n) is 3.63. The molecular weight excluding hydrogens is 256 g/mol. The molecule has 0 saturated carbocycles. The predicted octanol–water partition coefficient (Wildman–Crippen LogP) is 0.311. The van der Waals surface area contributed by atoms with Crippen LogP contribution in [0, 0.1) is 0 Å². The Morgan fingerprint density at radius 3 is 2.65 bits per heavy atom. The molecule has 1 N–H and O–H groups in total. The standard InChI is InChI=1S/C14H16N4O2/c1-17-6-8-18(9-7-17)13(19)12-10-4-2-3-5-11(10)15-14(20)16-12/h2-5H,6-9H2,1H3,(H,15,16,20). The largest absolute Gasteiger partial charge is 0.346 e. The first-order chi connectivity index (χ1) is 9.65. The molecule has 6 heteroatoms. The van der Waals surface area contributed by atoms with Crippen molar-refractivity contribution in [3.05, 3.63) is 40.4 Å². The minimum atomic E-state index is -0.485. The molecule has 1 aliphatic heterocycles. The number of carbonyl (C=O) groups is 1. The van der Waals surface area contributed by atoms with Crippen molar-refractivity contribution >= 4 is 16.8 Å². The summed E-state index contributed by atoms with van der Waals surface area (Å²) in [6.07, 6.45) is 0. The van der Waals surface area contributed by atoms with Gasteiger partial charge in [-0.05, 0) is 13.1 Å². The van der Waals surface area contributed by atoms with Crippen LogP contribution < -0.4 is 5.69 Å². The molecule has 0 unspecified atom stereocenters. The van der Waals surface area contributed by atoms with Crippen LogP contribution in [0.15, 0.2) is 29.1 Å². The second-order valence-electron chi connectivity index (χ2n) is 5.03. The molecule has 20 heavy (non-hydrogen) atoms. The van der Waals surface area contributed by atoms with E-state index in [2.05, 4.69) is 14.9 Å². The Morgan fingerprint density at radius 1 is 1.20 bits per heavy atom. The van der Waals surface area contributed by atoms with Gasteiger partial charge in [0.1, 0.15) is 5.69 Å². The van der Waals surface area contributed by atoms with E-state index in [1.165, 1.54) is 0 Å². The molecule has 3 rings (SSSR count). The molecular formula is C14H16N4O2. The van der Waals surface area contributed by atoms with Crippen LogP contribution >= 0.6 is 0 Å². The highest BCUT2D eigenvalue weighted by molar-refractivity contribution is 6.04. The number of hydrogen-bond acceptors (Lipinski definition) is 4. The second-order valence-corrected chi connectivity index (χ2v) is 5.03. The lowest BCUT2D eigenvalue weighted by Gasteiger charge is -2.32. The summed E-state index contributed by atoms with van der Waals surface area (Å²) < 4.78 is 0. The number of hydrogen-bond donors (Lipinski definition) is 1. The van der Waals surface area contributed by atoms with Gasteiger partial charge in [0, 0.05) is 31.6 Å². The van der Waals surface area contributed by atoms with Crippen LogP contribution in [-0.4, -0.2) is 58.9 Å². The molecule has 104 valence electrons. The zero-order chi connectivity index (χ0) is 14.1. The molecule has 1 amide bonds. The van der Waals surface area contributed by atoms with Gasteiger partial charge in [0.25, 0.3) is 5.91 Å². The van der Waals surface area contributed by atoms with Crippen LogP contribution in [0.1, 0.15) is 10.5 Å². The molecule has 1 aliphatic rings. The first kappa shape index (κ1) is 12.8. The summed E-state index contributed by atoms with van der Waals surface area (Å²) in [7, 11) is 2.03. The highest BCUT2D eigenvalue weighted by Gasteiger charge is 2.23. The lowest BCUT2D eigenvalue weighted by atomic mass is 10.1. The summed E-state index contributed by atoms with van der Waals surface area (Å²) in [5, 5.41) is 0.691. The SMILES string of the molecule is CN1CCN(C(=O)c2nc(=O)[nH]c3ccccc23)CC1. The number of H-pyrrole nitrogens is 1. The molecule has 1 aromatic heterocycles. The number of likely N-dealkylation sites (N-methyl/N-ethyl adjacent to an activating group) is 1. The minimum absolute atomic E-state index is 0.166. The van der Waals surface area contributed by atoms with Crippen LogP contribution in [0.4, 0.5) is 0 Å². The molecule has 0 atom stereocenters. The minimum Gasteiger partial charge on any atom is -0.335 e. The molecule has 0 bridgehead atoms. The molecule has 6 nitrogen and oxygen atoms in total. The fraction of sp³-hybridized carbons (Fsp3) is 0.357. The van der Waals surface area contributed by atoms with Crippen molar-refractivity contribution < 1.29 is 4.79 Å². The van der Waals surface area contributed by atoms with Crippen LogP contribution in [0.25, 0.3) is 10.9 Å². The fourth-order valence-electron chi connectivity index (χ4n) is 2.43. The Morgan fingerprint density at radius 2 is 1.90 bits per heavy atom. The number of aromatic nitrogens is 2. The monoisotopic (exact) mass is 272 g/mol. The number of carbonyl (C=O) groups excluding carboxylic acids is 1. The van der Waals surface area contributed by atoms with E-state index in [0.29, 0.717) is 24.0 Å². The Kier molecular flexibility index (Phi) is 3.23. The van der Waals surface area contributed by atoms with E-state index in [4.69, 9.17) is 0 Å². The maximum atomic E-state index is 12.6. The van der Waals surface area contributed by atoms with Gasteiger partial charge >= 0.3 is 5.69 Å². The highest BCUT2D eigenvalue weighted by atomic mass is 16.2. The van der Waals surface area contributed by atoms with Crippen molar-refractivity contribution in [3.63, 3.8) is 0 Å². The number of piperazine rings is 1. The van der Waals surface area contributed by atoms with E-state index in [1.807, 2.05) is 25.2 Å². The van der Waals surface area contributed by atoms with Crippen molar-refractivity contribution in [3.8, 4) is 0 Å². The zero-order valence-corrected chi connectivity index (χ0v) is 11.3. The average Bonchev–Trinajstić information content (AvgIpc) is 2.46. The van der Waals surface area contributed by atoms with Gasteiger partial charge < -0.3 is 14.8 Å². The fourth-order valence-corrected chi connectivity index (χ4v) is 2.43. The van der Waals surface area contributed by atoms with Gasteiger partial charge in [0.05, 0.1) is 5.52 Å². The van der Waals surface area contributed by atoms with Crippen molar-refractivity contribution in [1.82, 2.24) is 19.8 Å². The number of nitrogens with zero attached hydrogens (tertiary/aromatic N) is 3. The zero-order valence-electron chi connectivity index (χ0n) is 11.3. The van der Waals surface area contributed by atoms with Crippen LogP contribution in [0.2, 0.25) is 0 Å². The molecule has 0 spiro atoms. The maximum Gasteiger partial charge on any atom is 0.346 e. The number of aromatic amines is 1. The van der Waals surface area contributed by atoms with Gasteiger partial charge in [-0.25, -0.2) is 4.79 Å². The molecule has 1 aromatic carbocycles. The molecule has 0 radical (unpaired) electrons. The first-order valence-electron chi connectivity index (χ1n) is 6.62. The van der Waals surface area contributed by atoms with E-state index >= 15 is 0 Å². The Bertz CT molecular complexity index is 702. The molecule has 1 fully saturated rings. The Balaban J connectivity index is 2.01. The van der Waals surface area contributed by atoms with E-state index in [-0.39, 0.29) is 11.6 Å². The number of nitrogens with one attached hydrogen (secondary N) is 1. The summed E-state index contributed by atoms with van der Waals surface area (Å²) in [5.74, 6) is -0.166. The predicted molar refractivity (Wildman–Crippen MR) is 75.8 cm³/mol. The van der Waals surface area contributed by atoms with Gasteiger partial charge in [0.15, 0.2) is 0 Å². The number of fused-ring (bicyclic) bond motifs is 1. The highest BCUT2D eigenvalue weighted by Crippen LogP contribution is 2.15. The topological polar surface area (TPSA) is 69.3 Å². The maximum absolute atomic E-state index is 12.6. The third kappa shape index (κ3) is 2.30. The van der Waals surface area contributed by atoms with Crippen molar-refractivity contribution in [1.29, 1.82) is 0 Å². The van der Waals surface area contributed by atoms with Gasteiger partial charge in [0.2, 0.25) is 0 Å². The number of benzene rings is 1. The number of para-hydroxylation sites is 1. The van der Waals surface area contributed by atoms with E-state index in [0.717, 1.165) is 13.1 Å². The Labute approximate surface area is 116 Å². The number of rotatable bonds is 1. The van der Waals surface area contributed by atoms with Gasteiger partial charge in [-0.15, -0.1) is 0 Å². The van der Waals surface area contributed by atoms with E-state index < -0.39 is 5.69 Å². The summed E-state index contributed by atoms with van der Waals surface area (Å²) >= 11 is 0. The van der Waals surface area contributed by atoms with Crippen LogP contribution in [-0.2, 0) is 0 Å². The first-order valence-corrected chi connectivity index (χ1v) is 6.62. The second kappa shape index (κ2) is 5.05. The molecule has 0 aliphatic carbocycles. The summed E-state index contributed by atoms with van der Waals surface area (Å²) in [4.78, 5) is 34.6. The van der Waals surface area contributed by atoms with E-state index in [1.54, 1.807) is 11.0 Å². The Hall–Kier alpha value is -2.21. The summed E-state index contributed by atoms with van der Waals surface area (Å²) in [6.45, 7) is 3.01. The van der Waals surface area contributed by atoms with Crippen molar-refractivity contribution in [2.75, 3.05) is 33.2 Å². The number of amides is 1. The quantitative estimate of drug-likeness (QED) is 0.811. The van der Waals surface area contributed by atoms with Crippen LogP contribution in [0.5, 0.6) is 0 Å². The summed E-state index contributed by atoms with van der Waals surface area (Å²) in [5.41, 5.74) is 0.403. The van der Waals surface area contributed by atoms with Crippen molar-refractivity contribution in [2.45, 2.75) is 0 Å². The van der Waals surface area contributed by atoms with Gasteiger partial charge in [-0.3, -0.25) is 4.79 Å². The van der Waals surface area contributed by atoms with Gasteiger partial charge in [-0.2, -0.15) is 4.98 Å². The lowest BCUT2D eigenvalue weighted by Crippen LogP contribution is -2.47. The van der Waals surface area contributed by atoms with Crippen molar-refractivity contribution in [2.24, 2.45) is 0 Å². The average molecular weight is 272 g/mol. The molecule has 2 aromatic rings. The molecule has 1 saturated heterocycles. The molecule has 2 heterocycles. The van der Waals surface area contributed by atoms with E-state index in [9.17, 15) is 9.59 Å². The van der Waals surface area contributed by atoms with Gasteiger partial charge in [-0.1, -0.05) is 18.2 Å². The smallest absolute Gasteiger partial charge is 0.335 e. The normalized spacial score (nSPS) is 16.6. The summed E-state index contributed by atoms with van der Waals surface area (Å²) in [6, 6.07) is 7.24. The third-order valence-corrected chi connectivity index (χ3v) is 3.63. The lowest BCUT2D eigenvalue weighted by molar-refractivity contribution is 0.0660.